The van der Waals surface area contributed by atoms with Gasteiger partial charge in [0.15, 0.2) is 5.78 Å². The van der Waals surface area contributed by atoms with Gasteiger partial charge in [0.2, 0.25) is 5.91 Å². The van der Waals surface area contributed by atoms with Crippen LogP contribution in [-0.2, 0) is 11.2 Å². The second-order valence-corrected chi connectivity index (χ2v) is 4.07. The molecule has 0 spiro atoms. The Balaban J connectivity index is 2.43. The number of hydrogen-bond acceptors (Lipinski definition) is 2. The molecule has 0 aliphatic heterocycles. The summed E-state index contributed by atoms with van der Waals surface area (Å²) in [7, 11) is 1.60. The Labute approximate surface area is 94.9 Å². The zero-order chi connectivity index (χ0) is 11.7. The van der Waals surface area contributed by atoms with Crippen LogP contribution in [0.25, 0.3) is 0 Å². The van der Waals surface area contributed by atoms with E-state index in [1.807, 2.05) is 18.2 Å². The van der Waals surface area contributed by atoms with Crippen LogP contribution in [0.4, 0.5) is 0 Å². The molecular weight excluding hydrogens is 202 g/mol. The van der Waals surface area contributed by atoms with Gasteiger partial charge in [0.1, 0.15) is 0 Å². The monoisotopic (exact) mass is 217 g/mol. The maximum atomic E-state index is 11.8. The van der Waals surface area contributed by atoms with Gasteiger partial charge in [0, 0.05) is 19.0 Å². The van der Waals surface area contributed by atoms with Crippen molar-refractivity contribution in [1.82, 2.24) is 5.32 Å². The molecule has 0 saturated heterocycles. The van der Waals surface area contributed by atoms with Crippen LogP contribution in [0, 0.1) is 0 Å². The molecule has 1 aromatic carbocycles. The molecule has 1 unspecified atom stereocenters. The molecule has 1 aliphatic rings. The van der Waals surface area contributed by atoms with Crippen LogP contribution in [0.15, 0.2) is 18.2 Å². The number of Topliss-reactive ketones (excluding diaryl/α,β-unsaturated/α-hetero) is 1. The Morgan fingerprint density at radius 3 is 2.88 bits per heavy atom. The number of carbonyl (C=O) groups excluding carboxylic acids is 2. The van der Waals surface area contributed by atoms with Crippen LogP contribution >= 0.6 is 0 Å². The molecule has 16 heavy (non-hydrogen) atoms. The minimum atomic E-state index is -0.293. The van der Waals surface area contributed by atoms with Gasteiger partial charge >= 0.3 is 0 Å². The smallest absolute Gasteiger partial charge is 0.227 e. The van der Waals surface area contributed by atoms with Gasteiger partial charge in [0.05, 0.1) is 5.92 Å². The second-order valence-electron chi connectivity index (χ2n) is 4.07. The molecule has 0 aromatic heterocycles. The maximum Gasteiger partial charge on any atom is 0.227 e. The Hall–Kier alpha value is -1.64. The average molecular weight is 217 g/mol. The van der Waals surface area contributed by atoms with E-state index in [4.69, 9.17) is 0 Å². The van der Waals surface area contributed by atoms with E-state index < -0.39 is 0 Å². The molecule has 0 saturated carbocycles. The van der Waals surface area contributed by atoms with Crippen molar-refractivity contribution in [2.75, 3.05) is 7.05 Å². The minimum Gasteiger partial charge on any atom is -0.359 e. The number of ketones is 1. The van der Waals surface area contributed by atoms with Crippen molar-refractivity contribution in [1.29, 1.82) is 0 Å². The van der Waals surface area contributed by atoms with Gasteiger partial charge in [0.25, 0.3) is 0 Å². The molecule has 3 heteroatoms. The first-order valence-corrected chi connectivity index (χ1v) is 5.55. The summed E-state index contributed by atoms with van der Waals surface area (Å²) in [4.78, 5) is 23.4. The molecule has 1 amide bonds. The summed E-state index contributed by atoms with van der Waals surface area (Å²) >= 11 is 0. The van der Waals surface area contributed by atoms with Crippen molar-refractivity contribution < 1.29 is 9.59 Å². The quantitative estimate of drug-likeness (QED) is 0.819. The lowest BCUT2D eigenvalue weighted by Crippen LogP contribution is -2.24. The number of likely N-dealkylation sites (N-methyl/N-ethyl adjacent to an activating group) is 1. The van der Waals surface area contributed by atoms with Gasteiger partial charge in [-0.25, -0.2) is 0 Å². The normalized spacial score (nSPS) is 18.4. The molecule has 1 aliphatic carbocycles. The topological polar surface area (TPSA) is 46.2 Å². The molecule has 0 radical (unpaired) electrons. The molecular formula is C13H15NO2. The summed E-state index contributed by atoms with van der Waals surface area (Å²) in [6.07, 6.45) is 1.22. The van der Waals surface area contributed by atoms with Crippen LogP contribution in [0.3, 0.4) is 0 Å². The van der Waals surface area contributed by atoms with Crippen molar-refractivity contribution in [3.05, 3.63) is 34.9 Å². The zero-order valence-corrected chi connectivity index (χ0v) is 9.54. The lowest BCUT2D eigenvalue weighted by molar-refractivity contribution is -0.121. The minimum absolute atomic E-state index is 0.0728. The lowest BCUT2D eigenvalue weighted by atomic mass is 9.98. The van der Waals surface area contributed by atoms with E-state index in [-0.39, 0.29) is 17.6 Å². The molecule has 0 bridgehead atoms. The van der Waals surface area contributed by atoms with Crippen LogP contribution < -0.4 is 5.32 Å². The van der Waals surface area contributed by atoms with E-state index >= 15 is 0 Å². The Morgan fingerprint density at radius 2 is 2.25 bits per heavy atom. The standard InChI is InChI=1S/C13H15NO2/c1-3-8-4-5-9-10(6-8)12(15)7-11(9)13(16)14-2/h4-6,11H,3,7H2,1-2H3,(H,14,16). The molecule has 1 N–H and O–H groups in total. The van der Waals surface area contributed by atoms with Gasteiger partial charge in [-0.1, -0.05) is 19.1 Å². The van der Waals surface area contributed by atoms with E-state index in [0.717, 1.165) is 23.1 Å². The van der Waals surface area contributed by atoms with Gasteiger partial charge in [-0.05, 0) is 23.6 Å². The van der Waals surface area contributed by atoms with Crippen molar-refractivity contribution in [2.45, 2.75) is 25.7 Å². The van der Waals surface area contributed by atoms with E-state index in [9.17, 15) is 9.59 Å². The fraction of sp³-hybridized carbons (Fsp3) is 0.385. The first kappa shape index (κ1) is 10.9. The molecule has 1 atom stereocenters. The Bertz CT molecular complexity index is 451. The highest BCUT2D eigenvalue weighted by molar-refractivity contribution is 6.06. The maximum absolute atomic E-state index is 11.8. The lowest BCUT2D eigenvalue weighted by Gasteiger charge is -2.08. The molecule has 0 fully saturated rings. The van der Waals surface area contributed by atoms with Gasteiger partial charge in [-0.2, -0.15) is 0 Å². The largest absolute Gasteiger partial charge is 0.359 e. The van der Waals surface area contributed by atoms with Crippen molar-refractivity contribution in [2.24, 2.45) is 0 Å². The van der Waals surface area contributed by atoms with E-state index in [2.05, 4.69) is 12.2 Å². The van der Waals surface area contributed by atoms with E-state index in [0.29, 0.717) is 6.42 Å². The van der Waals surface area contributed by atoms with Gasteiger partial charge in [-0.3, -0.25) is 9.59 Å². The number of nitrogens with one attached hydrogen (secondary N) is 1. The summed E-state index contributed by atoms with van der Waals surface area (Å²) in [5, 5.41) is 2.61. The fourth-order valence-electron chi connectivity index (χ4n) is 2.18. The van der Waals surface area contributed by atoms with Gasteiger partial charge in [-0.15, -0.1) is 0 Å². The number of fused-ring (bicyclic) bond motifs is 1. The third-order valence-electron chi connectivity index (χ3n) is 3.15. The first-order valence-electron chi connectivity index (χ1n) is 5.55. The molecule has 2 rings (SSSR count). The molecule has 3 nitrogen and oxygen atoms in total. The van der Waals surface area contributed by atoms with Crippen LogP contribution in [0.1, 0.15) is 40.7 Å². The summed E-state index contributed by atoms with van der Waals surface area (Å²) in [5.74, 6) is -0.284. The average Bonchev–Trinajstić information content (AvgIpc) is 2.65. The van der Waals surface area contributed by atoms with Gasteiger partial charge < -0.3 is 5.32 Å². The molecule has 1 aromatic rings. The highest BCUT2D eigenvalue weighted by atomic mass is 16.2. The summed E-state index contributed by atoms with van der Waals surface area (Å²) < 4.78 is 0. The fourth-order valence-corrected chi connectivity index (χ4v) is 2.18. The first-order chi connectivity index (χ1) is 7.67. The highest BCUT2D eigenvalue weighted by Crippen LogP contribution is 2.33. The highest BCUT2D eigenvalue weighted by Gasteiger charge is 2.33. The summed E-state index contributed by atoms with van der Waals surface area (Å²) in [6, 6.07) is 5.83. The van der Waals surface area contributed by atoms with E-state index in [1.54, 1.807) is 7.05 Å². The van der Waals surface area contributed by atoms with Crippen molar-refractivity contribution >= 4 is 11.7 Å². The second kappa shape index (κ2) is 4.08. The van der Waals surface area contributed by atoms with Crippen LogP contribution in [0.5, 0.6) is 0 Å². The number of benzene rings is 1. The third kappa shape index (κ3) is 1.62. The summed E-state index contributed by atoms with van der Waals surface area (Å²) in [6.45, 7) is 2.05. The third-order valence-corrected chi connectivity index (χ3v) is 3.15. The zero-order valence-electron chi connectivity index (χ0n) is 9.54. The number of hydrogen-bond donors (Lipinski definition) is 1. The number of aryl methyl sites for hydroxylation is 1. The van der Waals surface area contributed by atoms with Crippen LogP contribution in [-0.4, -0.2) is 18.7 Å². The van der Waals surface area contributed by atoms with Crippen molar-refractivity contribution in [3.63, 3.8) is 0 Å². The number of amides is 1. The summed E-state index contributed by atoms with van der Waals surface area (Å²) in [5.41, 5.74) is 2.75. The predicted molar refractivity (Wildman–Crippen MR) is 61.6 cm³/mol. The van der Waals surface area contributed by atoms with Crippen molar-refractivity contribution in [3.8, 4) is 0 Å². The SMILES string of the molecule is CCc1ccc2c(c1)C(=O)CC2C(=O)NC. The molecule has 0 heterocycles. The predicted octanol–water partition coefficient (Wildman–Crippen LogP) is 1.66. The number of carbonyl (C=O) groups is 2. The molecule has 84 valence electrons. The van der Waals surface area contributed by atoms with E-state index in [1.165, 1.54) is 0 Å². The Morgan fingerprint density at radius 1 is 1.50 bits per heavy atom. The number of rotatable bonds is 2. The Kier molecular flexibility index (Phi) is 2.77. The van der Waals surface area contributed by atoms with Crippen LogP contribution in [0.2, 0.25) is 0 Å².